The molecule has 24 heavy (non-hydrogen) atoms. The summed E-state index contributed by atoms with van der Waals surface area (Å²) < 4.78 is 7.22. The predicted molar refractivity (Wildman–Crippen MR) is 97.1 cm³/mol. The fourth-order valence-electron chi connectivity index (χ4n) is 2.05. The molecule has 1 heterocycles. The van der Waals surface area contributed by atoms with Crippen molar-refractivity contribution in [3.8, 4) is 5.75 Å². The maximum absolute atomic E-state index is 12.5. The Morgan fingerprint density at radius 1 is 1.38 bits per heavy atom. The number of halogens is 1. The first-order valence-electron chi connectivity index (χ1n) is 7.54. The summed E-state index contributed by atoms with van der Waals surface area (Å²) in [7, 11) is 1.54. The van der Waals surface area contributed by atoms with E-state index in [-0.39, 0.29) is 17.2 Å². The third kappa shape index (κ3) is 4.21. The second-order valence-corrected chi connectivity index (χ2v) is 7.38. The number of rotatable bonds is 6. The molecular formula is C16H21ClN4O2S. The molecule has 1 atom stereocenters. The molecule has 0 spiro atoms. The number of nitrogens with one attached hydrogen (secondary N) is 1. The van der Waals surface area contributed by atoms with Crippen LogP contribution in [0, 0.1) is 6.92 Å². The molecule has 0 saturated carbocycles. The number of aromatic nitrogens is 3. The van der Waals surface area contributed by atoms with Crippen molar-refractivity contribution in [2.24, 2.45) is 0 Å². The number of methoxy groups -OCH3 is 1. The summed E-state index contributed by atoms with van der Waals surface area (Å²) in [5.74, 6) is 0.389. The largest absolute Gasteiger partial charge is 0.495 e. The highest BCUT2D eigenvalue weighted by atomic mass is 35.5. The number of carbonyl (C=O) groups is 1. The van der Waals surface area contributed by atoms with Gasteiger partial charge in [0.25, 0.3) is 0 Å². The Hall–Kier alpha value is -1.73. The van der Waals surface area contributed by atoms with Crippen LogP contribution in [-0.2, 0) is 4.79 Å². The molecule has 1 unspecified atom stereocenters. The molecule has 0 aliphatic rings. The van der Waals surface area contributed by atoms with Gasteiger partial charge in [0.2, 0.25) is 5.91 Å². The van der Waals surface area contributed by atoms with Crippen molar-refractivity contribution in [3.63, 3.8) is 0 Å². The predicted octanol–water partition coefficient (Wildman–Crippen LogP) is 3.95. The zero-order valence-corrected chi connectivity index (χ0v) is 15.9. The number of hydrogen-bond donors (Lipinski definition) is 1. The Labute approximate surface area is 150 Å². The molecule has 6 nitrogen and oxygen atoms in total. The maximum Gasteiger partial charge on any atom is 0.237 e. The highest BCUT2D eigenvalue weighted by Crippen LogP contribution is 2.32. The molecule has 2 aromatic rings. The van der Waals surface area contributed by atoms with E-state index >= 15 is 0 Å². The Balaban J connectivity index is 2.12. The molecule has 0 aliphatic heterocycles. The minimum atomic E-state index is -0.340. The minimum absolute atomic E-state index is 0.140. The van der Waals surface area contributed by atoms with E-state index in [0.717, 1.165) is 5.56 Å². The first-order chi connectivity index (χ1) is 11.3. The lowest BCUT2D eigenvalue weighted by Gasteiger charge is -2.16. The number of amides is 1. The van der Waals surface area contributed by atoms with Crippen molar-refractivity contribution in [1.29, 1.82) is 0 Å². The third-order valence-corrected chi connectivity index (χ3v) is 4.96. The molecule has 1 aromatic carbocycles. The molecule has 0 fully saturated rings. The van der Waals surface area contributed by atoms with E-state index in [2.05, 4.69) is 15.5 Å². The number of hydrogen-bond acceptors (Lipinski definition) is 5. The topological polar surface area (TPSA) is 69.0 Å². The van der Waals surface area contributed by atoms with Gasteiger partial charge in [-0.2, -0.15) is 0 Å². The molecule has 0 aliphatic carbocycles. The molecule has 0 bridgehead atoms. The van der Waals surface area contributed by atoms with Gasteiger partial charge in [0.1, 0.15) is 12.1 Å². The number of ether oxygens (including phenoxy) is 1. The quantitative estimate of drug-likeness (QED) is 0.782. The zero-order chi connectivity index (χ0) is 17.9. The Morgan fingerprint density at radius 2 is 2.08 bits per heavy atom. The molecular weight excluding hydrogens is 348 g/mol. The van der Waals surface area contributed by atoms with Gasteiger partial charge in [-0.15, -0.1) is 10.2 Å². The maximum atomic E-state index is 12.5. The van der Waals surface area contributed by atoms with Crippen LogP contribution in [-0.4, -0.2) is 33.0 Å². The highest BCUT2D eigenvalue weighted by Gasteiger charge is 2.20. The van der Waals surface area contributed by atoms with E-state index in [1.807, 2.05) is 32.3 Å². The fraction of sp³-hybridized carbons (Fsp3) is 0.438. The summed E-state index contributed by atoms with van der Waals surface area (Å²) in [6.45, 7) is 7.79. The molecule has 0 radical (unpaired) electrons. The van der Waals surface area contributed by atoms with E-state index in [9.17, 15) is 4.79 Å². The van der Waals surface area contributed by atoms with Crippen molar-refractivity contribution in [3.05, 3.63) is 29.0 Å². The lowest BCUT2D eigenvalue weighted by Crippen LogP contribution is -2.23. The number of nitrogens with zero attached hydrogens (tertiary/aromatic N) is 3. The second kappa shape index (κ2) is 7.90. The lowest BCUT2D eigenvalue weighted by molar-refractivity contribution is -0.115. The summed E-state index contributed by atoms with van der Waals surface area (Å²) >= 11 is 7.45. The number of anilines is 1. The summed E-state index contributed by atoms with van der Waals surface area (Å²) in [5.41, 5.74) is 1.47. The summed E-state index contributed by atoms with van der Waals surface area (Å²) in [6, 6.07) is 3.73. The summed E-state index contributed by atoms with van der Waals surface area (Å²) in [6.07, 6.45) is 1.67. The van der Waals surface area contributed by atoms with E-state index < -0.39 is 0 Å². The Morgan fingerprint density at radius 3 is 2.71 bits per heavy atom. The molecule has 1 N–H and O–H groups in total. The van der Waals surface area contributed by atoms with E-state index in [1.165, 1.54) is 11.8 Å². The van der Waals surface area contributed by atoms with Crippen molar-refractivity contribution >= 4 is 35.0 Å². The molecule has 0 saturated heterocycles. The van der Waals surface area contributed by atoms with Crippen molar-refractivity contribution in [2.75, 3.05) is 12.4 Å². The summed E-state index contributed by atoms with van der Waals surface area (Å²) in [4.78, 5) is 12.5. The van der Waals surface area contributed by atoms with E-state index in [1.54, 1.807) is 25.6 Å². The number of thioether (sulfide) groups is 1. The van der Waals surface area contributed by atoms with Crippen LogP contribution in [0.3, 0.4) is 0 Å². The number of aryl methyl sites for hydroxylation is 1. The van der Waals surface area contributed by atoms with Gasteiger partial charge in [0.15, 0.2) is 5.16 Å². The SMILES string of the molecule is COc1cc(Cl)c(C)cc1NC(=O)C(C)Sc1nncn1C(C)C. The zero-order valence-electron chi connectivity index (χ0n) is 14.3. The van der Waals surface area contributed by atoms with E-state index in [0.29, 0.717) is 21.6 Å². The van der Waals surface area contributed by atoms with Crippen molar-refractivity contribution < 1.29 is 9.53 Å². The van der Waals surface area contributed by atoms with E-state index in [4.69, 9.17) is 16.3 Å². The molecule has 1 aromatic heterocycles. The second-order valence-electron chi connectivity index (χ2n) is 5.67. The fourth-order valence-corrected chi connectivity index (χ4v) is 3.16. The number of benzene rings is 1. The van der Waals surface area contributed by atoms with Gasteiger partial charge in [-0.1, -0.05) is 23.4 Å². The summed E-state index contributed by atoms with van der Waals surface area (Å²) in [5, 5.41) is 11.9. The van der Waals surface area contributed by atoms with Crippen LogP contribution in [0.5, 0.6) is 5.75 Å². The first kappa shape index (κ1) is 18.6. The van der Waals surface area contributed by atoms with Gasteiger partial charge in [-0.25, -0.2) is 0 Å². The first-order valence-corrected chi connectivity index (χ1v) is 8.80. The lowest BCUT2D eigenvalue weighted by atomic mass is 10.2. The van der Waals surface area contributed by atoms with Crippen LogP contribution in [0.2, 0.25) is 5.02 Å². The van der Waals surface area contributed by atoms with Crippen molar-refractivity contribution in [2.45, 2.75) is 44.1 Å². The molecule has 130 valence electrons. The van der Waals surface area contributed by atoms with Crippen LogP contribution in [0.25, 0.3) is 0 Å². The van der Waals surface area contributed by atoms with Crippen molar-refractivity contribution in [1.82, 2.24) is 14.8 Å². The third-order valence-electron chi connectivity index (χ3n) is 3.49. The number of carbonyl (C=O) groups excluding carboxylic acids is 1. The van der Waals surface area contributed by atoms with Crippen LogP contribution in [0.1, 0.15) is 32.4 Å². The molecule has 1 amide bonds. The van der Waals surface area contributed by atoms with Gasteiger partial charge in [0.05, 0.1) is 18.0 Å². The van der Waals surface area contributed by atoms with Gasteiger partial charge in [0, 0.05) is 17.1 Å². The van der Waals surface area contributed by atoms with Crippen LogP contribution >= 0.6 is 23.4 Å². The smallest absolute Gasteiger partial charge is 0.237 e. The van der Waals surface area contributed by atoms with Gasteiger partial charge >= 0.3 is 0 Å². The van der Waals surface area contributed by atoms with Crippen LogP contribution in [0.15, 0.2) is 23.6 Å². The average molecular weight is 369 g/mol. The standard InChI is InChI=1S/C16H21ClN4O2S/c1-9(2)21-8-18-20-16(21)24-11(4)15(22)19-13-6-10(3)12(17)7-14(13)23-5/h6-9,11H,1-5H3,(H,19,22). The molecule has 2 rings (SSSR count). The van der Waals surface area contributed by atoms with Gasteiger partial charge in [-0.05, 0) is 39.3 Å². The normalized spacial score (nSPS) is 12.3. The van der Waals surface area contributed by atoms with Crippen LogP contribution in [0.4, 0.5) is 5.69 Å². The van der Waals surface area contributed by atoms with Gasteiger partial charge in [-0.3, -0.25) is 4.79 Å². The van der Waals surface area contributed by atoms with Crippen LogP contribution < -0.4 is 10.1 Å². The average Bonchev–Trinajstić information content (AvgIpc) is 2.98. The minimum Gasteiger partial charge on any atom is -0.495 e. The molecule has 8 heteroatoms. The van der Waals surface area contributed by atoms with Gasteiger partial charge < -0.3 is 14.6 Å². The Kier molecular flexibility index (Phi) is 6.12. The highest BCUT2D eigenvalue weighted by molar-refractivity contribution is 8.00. The monoisotopic (exact) mass is 368 g/mol. The Bertz CT molecular complexity index is 733.